The number of amides is 2. The average molecular weight is 370 g/mol. The van der Waals surface area contributed by atoms with Crippen LogP contribution in [0.4, 0.5) is 0 Å². The third-order valence-electron chi connectivity index (χ3n) is 5.10. The number of rotatable bonds is 6. The molecule has 1 aromatic carbocycles. The molecule has 0 aliphatic heterocycles. The van der Waals surface area contributed by atoms with Crippen LogP contribution < -0.4 is 16.4 Å². The van der Waals surface area contributed by atoms with Gasteiger partial charge >= 0.3 is 0 Å². The molecule has 1 aliphatic rings. The molecule has 7 heteroatoms. The number of halogens is 1. The Morgan fingerprint density at radius 1 is 1.36 bits per heavy atom. The van der Waals surface area contributed by atoms with E-state index in [4.69, 9.17) is 10.5 Å². The minimum atomic E-state index is -0.939. The zero-order chi connectivity index (χ0) is 18.0. The summed E-state index contributed by atoms with van der Waals surface area (Å²) in [5.41, 5.74) is 6.41. The molecule has 1 fully saturated rings. The van der Waals surface area contributed by atoms with Gasteiger partial charge in [0.15, 0.2) is 0 Å². The van der Waals surface area contributed by atoms with E-state index < -0.39 is 11.0 Å². The Hall–Kier alpha value is -1.63. The first-order valence-electron chi connectivity index (χ1n) is 8.26. The molecule has 0 aromatic heterocycles. The van der Waals surface area contributed by atoms with E-state index in [9.17, 15) is 9.59 Å². The number of nitrogens with two attached hydrogens (primary N) is 1. The average Bonchev–Trinajstić information content (AvgIpc) is 2.58. The van der Waals surface area contributed by atoms with E-state index >= 15 is 0 Å². The minimum Gasteiger partial charge on any atom is -0.378 e. The van der Waals surface area contributed by atoms with Gasteiger partial charge in [-0.2, -0.15) is 0 Å². The van der Waals surface area contributed by atoms with Crippen molar-refractivity contribution in [2.75, 3.05) is 13.7 Å². The van der Waals surface area contributed by atoms with Crippen LogP contribution in [0.3, 0.4) is 0 Å². The monoisotopic (exact) mass is 369 g/mol. The summed E-state index contributed by atoms with van der Waals surface area (Å²) in [5, 5.41) is 5.48. The van der Waals surface area contributed by atoms with Crippen LogP contribution in [0.5, 0.6) is 0 Å². The highest BCUT2D eigenvalue weighted by Gasteiger charge is 2.62. The molecule has 1 aliphatic carbocycles. The number of hydrogen-bond acceptors (Lipinski definition) is 4. The van der Waals surface area contributed by atoms with Crippen molar-refractivity contribution in [3.63, 3.8) is 0 Å². The summed E-state index contributed by atoms with van der Waals surface area (Å²) in [5.74, 6) is -0.341. The molecule has 0 saturated heterocycles. The zero-order valence-electron chi connectivity index (χ0n) is 15.2. The highest BCUT2D eigenvalue weighted by Crippen LogP contribution is 2.49. The fourth-order valence-electron chi connectivity index (χ4n) is 3.13. The molecule has 1 aromatic rings. The molecule has 0 bridgehead atoms. The Kier molecular flexibility index (Phi) is 6.99. The maximum atomic E-state index is 12.6. The number of carbonyl (C=O) groups is 2. The first kappa shape index (κ1) is 21.4. The summed E-state index contributed by atoms with van der Waals surface area (Å²) in [7, 11) is 1.59. The number of hydrogen-bond donors (Lipinski definition) is 3. The first-order chi connectivity index (χ1) is 11.3. The molecule has 2 unspecified atom stereocenters. The second-order valence-electron chi connectivity index (χ2n) is 6.80. The van der Waals surface area contributed by atoms with Gasteiger partial charge < -0.3 is 21.1 Å². The molecule has 2 amide bonds. The van der Waals surface area contributed by atoms with Crippen LogP contribution >= 0.6 is 12.4 Å². The molecular weight excluding hydrogens is 342 g/mol. The Morgan fingerprint density at radius 2 is 2.04 bits per heavy atom. The number of ether oxygens (including phenoxy) is 1. The van der Waals surface area contributed by atoms with Crippen molar-refractivity contribution >= 4 is 24.2 Å². The molecule has 0 radical (unpaired) electrons. The van der Waals surface area contributed by atoms with Gasteiger partial charge in [-0.15, -0.1) is 12.4 Å². The second-order valence-corrected chi connectivity index (χ2v) is 6.80. The van der Waals surface area contributed by atoms with Crippen LogP contribution in [0.1, 0.15) is 43.1 Å². The van der Waals surface area contributed by atoms with Gasteiger partial charge in [-0.3, -0.25) is 9.59 Å². The van der Waals surface area contributed by atoms with E-state index in [1.165, 1.54) is 0 Å². The van der Waals surface area contributed by atoms with Crippen LogP contribution in [0.2, 0.25) is 0 Å². The SMILES string of the molecule is CCOC1CC(N)(C(=O)NCc2cccc(C(=O)NC)c2)C1(C)C.Cl. The molecule has 0 spiro atoms. The second kappa shape index (κ2) is 8.17. The van der Waals surface area contributed by atoms with Crippen LogP contribution in [-0.4, -0.2) is 37.1 Å². The smallest absolute Gasteiger partial charge is 0.251 e. The van der Waals surface area contributed by atoms with Gasteiger partial charge in [0.05, 0.1) is 6.10 Å². The van der Waals surface area contributed by atoms with E-state index in [0.29, 0.717) is 25.1 Å². The topological polar surface area (TPSA) is 93.4 Å². The lowest BCUT2D eigenvalue weighted by molar-refractivity contribution is -0.170. The molecule has 6 nitrogen and oxygen atoms in total. The Bertz CT molecular complexity index is 636. The highest BCUT2D eigenvalue weighted by molar-refractivity contribution is 5.94. The standard InChI is InChI=1S/C18H27N3O3.ClH/c1-5-24-14-10-18(19,17(14,2)3)16(23)21-11-12-7-6-8-13(9-12)15(22)20-4;/h6-9,14H,5,10-11,19H2,1-4H3,(H,20,22)(H,21,23);1H. The molecule has 0 heterocycles. The minimum absolute atomic E-state index is 0. The lowest BCUT2D eigenvalue weighted by atomic mass is 9.54. The molecule has 2 atom stereocenters. The van der Waals surface area contributed by atoms with Crippen molar-refractivity contribution in [1.29, 1.82) is 0 Å². The number of benzene rings is 1. The van der Waals surface area contributed by atoms with Crippen molar-refractivity contribution in [2.45, 2.75) is 45.4 Å². The summed E-state index contributed by atoms with van der Waals surface area (Å²) >= 11 is 0. The van der Waals surface area contributed by atoms with Crippen LogP contribution in [0.15, 0.2) is 24.3 Å². The molecule has 25 heavy (non-hydrogen) atoms. The first-order valence-corrected chi connectivity index (χ1v) is 8.26. The van der Waals surface area contributed by atoms with E-state index in [1.54, 1.807) is 25.2 Å². The van der Waals surface area contributed by atoms with E-state index in [0.717, 1.165) is 5.56 Å². The molecule has 1 saturated carbocycles. The van der Waals surface area contributed by atoms with Gasteiger partial charge in [-0.05, 0) is 24.6 Å². The van der Waals surface area contributed by atoms with Crippen molar-refractivity contribution in [1.82, 2.24) is 10.6 Å². The van der Waals surface area contributed by atoms with Gasteiger partial charge in [0, 0.05) is 37.6 Å². The predicted octanol–water partition coefficient (Wildman–Crippen LogP) is 1.62. The molecule has 4 N–H and O–H groups in total. The summed E-state index contributed by atoms with van der Waals surface area (Å²) in [6, 6.07) is 7.15. The predicted molar refractivity (Wildman–Crippen MR) is 99.7 cm³/mol. The Labute approximate surface area is 155 Å². The lowest BCUT2D eigenvalue weighted by Gasteiger charge is -2.57. The quantitative estimate of drug-likeness (QED) is 0.710. The number of nitrogens with one attached hydrogen (secondary N) is 2. The van der Waals surface area contributed by atoms with Crippen molar-refractivity contribution in [3.8, 4) is 0 Å². The van der Waals surface area contributed by atoms with E-state index in [2.05, 4.69) is 10.6 Å². The third-order valence-corrected chi connectivity index (χ3v) is 5.10. The summed E-state index contributed by atoms with van der Waals surface area (Å²) in [6.45, 7) is 6.80. The van der Waals surface area contributed by atoms with Gasteiger partial charge in [0.25, 0.3) is 5.91 Å². The molecule has 2 rings (SSSR count). The maximum absolute atomic E-state index is 12.6. The van der Waals surface area contributed by atoms with Gasteiger partial charge in [-0.25, -0.2) is 0 Å². The highest BCUT2D eigenvalue weighted by atomic mass is 35.5. The molecule has 140 valence electrons. The van der Waals surface area contributed by atoms with Crippen LogP contribution in [0, 0.1) is 5.41 Å². The van der Waals surface area contributed by atoms with Crippen LogP contribution in [0.25, 0.3) is 0 Å². The zero-order valence-corrected chi connectivity index (χ0v) is 16.0. The summed E-state index contributed by atoms with van der Waals surface area (Å²) in [4.78, 5) is 24.3. The van der Waals surface area contributed by atoms with Crippen molar-refractivity contribution in [2.24, 2.45) is 11.1 Å². The van der Waals surface area contributed by atoms with Crippen molar-refractivity contribution < 1.29 is 14.3 Å². The normalized spacial score (nSPS) is 23.8. The number of carbonyl (C=O) groups excluding carboxylic acids is 2. The van der Waals surface area contributed by atoms with Gasteiger partial charge in [-0.1, -0.05) is 26.0 Å². The largest absolute Gasteiger partial charge is 0.378 e. The summed E-state index contributed by atoms with van der Waals surface area (Å²) in [6.07, 6.45) is 0.507. The fraction of sp³-hybridized carbons (Fsp3) is 0.556. The van der Waals surface area contributed by atoms with Crippen LogP contribution in [-0.2, 0) is 16.1 Å². The Balaban J connectivity index is 0.00000312. The molecular formula is C18H28ClN3O3. The third kappa shape index (κ3) is 3.97. The fourth-order valence-corrected chi connectivity index (χ4v) is 3.13. The Morgan fingerprint density at radius 3 is 2.60 bits per heavy atom. The van der Waals surface area contributed by atoms with E-state index in [-0.39, 0.29) is 30.3 Å². The summed E-state index contributed by atoms with van der Waals surface area (Å²) < 4.78 is 5.65. The van der Waals surface area contributed by atoms with Gasteiger partial charge in [0.2, 0.25) is 5.91 Å². The van der Waals surface area contributed by atoms with E-state index in [1.807, 2.05) is 26.8 Å². The van der Waals surface area contributed by atoms with Crippen molar-refractivity contribution in [3.05, 3.63) is 35.4 Å². The lowest BCUT2D eigenvalue weighted by Crippen LogP contribution is -2.75. The van der Waals surface area contributed by atoms with Gasteiger partial charge in [0.1, 0.15) is 5.54 Å². The maximum Gasteiger partial charge on any atom is 0.251 e.